The number of carbonyl (C=O) groups is 1. The van der Waals surface area contributed by atoms with Gasteiger partial charge >= 0.3 is 0 Å². The number of anilines is 1. The lowest BCUT2D eigenvalue weighted by molar-refractivity contribution is -0.116. The van der Waals surface area contributed by atoms with E-state index < -0.39 is 0 Å². The summed E-state index contributed by atoms with van der Waals surface area (Å²) in [5, 5.41) is 2.97. The number of benzene rings is 2. The minimum absolute atomic E-state index is 0.00374. The summed E-state index contributed by atoms with van der Waals surface area (Å²) in [5.74, 6) is 2.18. The molecule has 2 atom stereocenters. The molecule has 0 aromatic heterocycles. The molecule has 0 fully saturated rings. The van der Waals surface area contributed by atoms with Gasteiger partial charge in [0.1, 0.15) is 5.75 Å². The van der Waals surface area contributed by atoms with Crippen molar-refractivity contribution in [2.45, 2.75) is 52.6 Å². The fourth-order valence-corrected chi connectivity index (χ4v) is 3.40. The van der Waals surface area contributed by atoms with Crippen LogP contribution < -0.4 is 19.5 Å². The Bertz CT molecular complexity index is 816. The van der Waals surface area contributed by atoms with Crippen molar-refractivity contribution in [1.82, 2.24) is 0 Å². The quantitative estimate of drug-likeness (QED) is 0.686. The van der Waals surface area contributed by atoms with E-state index in [-0.39, 0.29) is 17.9 Å². The van der Waals surface area contributed by atoms with Gasteiger partial charge in [-0.3, -0.25) is 4.79 Å². The summed E-state index contributed by atoms with van der Waals surface area (Å²) in [5.41, 5.74) is 2.91. The Labute approximate surface area is 167 Å². The van der Waals surface area contributed by atoms with Crippen LogP contribution in [-0.4, -0.2) is 25.2 Å². The van der Waals surface area contributed by atoms with Crippen LogP contribution in [0.5, 0.6) is 17.2 Å². The molecule has 150 valence electrons. The second kappa shape index (κ2) is 9.00. The number of hydrogen-bond acceptors (Lipinski definition) is 4. The van der Waals surface area contributed by atoms with Crippen LogP contribution in [0.15, 0.2) is 36.4 Å². The molecule has 3 rings (SSSR count). The van der Waals surface area contributed by atoms with Gasteiger partial charge in [0.25, 0.3) is 0 Å². The molecule has 0 radical (unpaired) electrons. The highest BCUT2D eigenvalue weighted by Gasteiger charge is 2.28. The Balaban J connectivity index is 1.95. The number of rotatable bonds is 8. The van der Waals surface area contributed by atoms with Crippen molar-refractivity contribution in [2.24, 2.45) is 0 Å². The van der Waals surface area contributed by atoms with Crippen LogP contribution in [0.2, 0.25) is 0 Å². The average molecular weight is 383 g/mol. The fraction of sp³-hybridized carbons (Fsp3) is 0.435. The number of carbonyl (C=O) groups excluding carboxylic acids is 1. The molecule has 0 aliphatic carbocycles. The Kier molecular flexibility index (Phi) is 6.45. The fourth-order valence-electron chi connectivity index (χ4n) is 3.40. The number of nitrogens with one attached hydrogen (secondary N) is 1. The van der Waals surface area contributed by atoms with E-state index in [9.17, 15) is 4.79 Å². The molecular formula is C23H29NO4. The minimum atomic E-state index is -0.0312. The van der Waals surface area contributed by atoms with Crippen molar-refractivity contribution in [3.63, 3.8) is 0 Å². The monoisotopic (exact) mass is 383 g/mol. The molecule has 5 nitrogen and oxygen atoms in total. The van der Waals surface area contributed by atoms with E-state index in [4.69, 9.17) is 14.2 Å². The molecule has 28 heavy (non-hydrogen) atoms. The van der Waals surface area contributed by atoms with Gasteiger partial charge in [-0.05, 0) is 56.5 Å². The highest BCUT2D eigenvalue weighted by atomic mass is 16.5. The maximum absolute atomic E-state index is 12.3. The molecule has 1 heterocycles. The minimum Gasteiger partial charge on any atom is -0.491 e. The Hall–Kier alpha value is -2.69. The lowest BCUT2D eigenvalue weighted by Crippen LogP contribution is -2.23. The molecule has 0 spiro atoms. The molecule has 0 saturated carbocycles. The third kappa shape index (κ3) is 4.41. The lowest BCUT2D eigenvalue weighted by atomic mass is 9.84. The molecule has 1 amide bonds. The standard InChI is InChI=1S/C23H29NO4/c1-5-15(4)28-17-10-8-16(9-11-17)18-13-23(25)24-20-14-22(27-7-3)21(26-6-2)12-19(18)20/h8-12,14-15,18H,5-7,13H2,1-4H3,(H,24,25)/t15-,18-/m0/s1. The second-order valence-electron chi connectivity index (χ2n) is 6.96. The average Bonchev–Trinajstić information content (AvgIpc) is 2.69. The summed E-state index contributed by atoms with van der Waals surface area (Å²) >= 11 is 0. The van der Waals surface area contributed by atoms with Crippen LogP contribution in [0.3, 0.4) is 0 Å². The van der Waals surface area contributed by atoms with E-state index in [1.54, 1.807) is 0 Å². The third-order valence-corrected chi connectivity index (χ3v) is 4.95. The van der Waals surface area contributed by atoms with Gasteiger partial charge in [0.15, 0.2) is 11.5 Å². The first-order valence-electron chi connectivity index (χ1n) is 10.1. The third-order valence-electron chi connectivity index (χ3n) is 4.95. The molecule has 0 saturated heterocycles. The van der Waals surface area contributed by atoms with Crippen LogP contribution in [0, 0.1) is 0 Å². The first kappa shape index (κ1) is 20.1. The van der Waals surface area contributed by atoms with Crippen molar-refractivity contribution in [2.75, 3.05) is 18.5 Å². The van der Waals surface area contributed by atoms with Crippen molar-refractivity contribution in [3.05, 3.63) is 47.5 Å². The van der Waals surface area contributed by atoms with E-state index in [1.807, 2.05) is 50.2 Å². The SMILES string of the molecule is CCOc1cc2c(cc1OCC)[C@H](c1ccc(O[C@@H](C)CC)cc1)CC(=O)N2. The van der Waals surface area contributed by atoms with Gasteiger partial charge in [-0.15, -0.1) is 0 Å². The molecule has 0 unspecified atom stereocenters. The number of ether oxygens (including phenoxy) is 3. The van der Waals surface area contributed by atoms with Gasteiger partial charge in [0.05, 0.1) is 19.3 Å². The molecule has 2 aromatic carbocycles. The smallest absolute Gasteiger partial charge is 0.225 e. The molecule has 1 aliphatic heterocycles. The Morgan fingerprint density at radius 2 is 1.68 bits per heavy atom. The summed E-state index contributed by atoms with van der Waals surface area (Å²) in [6.45, 7) is 9.12. The van der Waals surface area contributed by atoms with Gasteiger partial charge in [-0.25, -0.2) is 0 Å². The van der Waals surface area contributed by atoms with Crippen molar-refractivity contribution < 1.29 is 19.0 Å². The predicted molar refractivity (Wildman–Crippen MR) is 111 cm³/mol. The Morgan fingerprint density at radius 3 is 2.29 bits per heavy atom. The predicted octanol–water partition coefficient (Wildman–Crippen LogP) is 5.14. The number of amides is 1. The summed E-state index contributed by atoms with van der Waals surface area (Å²) in [6, 6.07) is 11.9. The first-order chi connectivity index (χ1) is 13.5. The zero-order valence-corrected chi connectivity index (χ0v) is 17.1. The Morgan fingerprint density at radius 1 is 1.04 bits per heavy atom. The summed E-state index contributed by atoms with van der Waals surface area (Å²) in [6.07, 6.45) is 1.54. The highest BCUT2D eigenvalue weighted by Crippen LogP contribution is 2.43. The van der Waals surface area contributed by atoms with Crippen molar-refractivity contribution >= 4 is 11.6 Å². The van der Waals surface area contributed by atoms with Gasteiger partial charge in [0.2, 0.25) is 5.91 Å². The lowest BCUT2D eigenvalue weighted by Gasteiger charge is -2.28. The summed E-state index contributed by atoms with van der Waals surface area (Å²) in [7, 11) is 0. The van der Waals surface area contributed by atoms with Crippen LogP contribution in [0.25, 0.3) is 0 Å². The van der Waals surface area contributed by atoms with Gasteiger partial charge in [-0.2, -0.15) is 0 Å². The molecule has 5 heteroatoms. The van der Waals surface area contributed by atoms with Gasteiger partial charge in [-0.1, -0.05) is 19.1 Å². The molecule has 1 N–H and O–H groups in total. The van der Waals surface area contributed by atoms with E-state index in [2.05, 4.69) is 19.2 Å². The maximum Gasteiger partial charge on any atom is 0.225 e. The maximum atomic E-state index is 12.3. The topological polar surface area (TPSA) is 56.8 Å². The summed E-state index contributed by atoms with van der Waals surface area (Å²) in [4.78, 5) is 12.3. The zero-order valence-electron chi connectivity index (χ0n) is 17.1. The van der Waals surface area contributed by atoms with Crippen LogP contribution in [0.4, 0.5) is 5.69 Å². The normalized spacial score (nSPS) is 16.7. The van der Waals surface area contributed by atoms with Gasteiger partial charge in [0, 0.05) is 24.1 Å². The second-order valence-corrected chi connectivity index (χ2v) is 6.96. The van der Waals surface area contributed by atoms with E-state index in [0.717, 1.165) is 29.0 Å². The molecule has 1 aliphatic rings. The molecule has 0 bridgehead atoms. The van der Waals surface area contributed by atoms with Crippen LogP contribution in [0.1, 0.15) is 57.6 Å². The first-order valence-corrected chi connectivity index (χ1v) is 10.1. The van der Waals surface area contributed by atoms with Crippen molar-refractivity contribution in [3.8, 4) is 17.2 Å². The van der Waals surface area contributed by atoms with Crippen molar-refractivity contribution in [1.29, 1.82) is 0 Å². The number of hydrogen-bond donors (Lipinski definition) is 1. The van der Waals surface area contributed by atoms with E-state index in [1.165, 1.54) is 0 Å². The molecule has 2 aromatic rings. The highest BCUT2D eigenvalue weighted by molar-refractivity contribution is 5.96. The van der Waals surface area contributed by atoms with E-state index >= 15 is 0 Å². The van der Waals surface area contributed by atoms with Crippen LogP contribution in [-0.2, 0) is 4.79 Å². The van der Waals surface area contributed by atoms with Crippen LogP contribution >= 0.6 is 0 Å². The largest absolute Gasteiger partial charge is 0.491 e. The number of fused-ring (bicyclic) bond motifs is 1. The zero-order chi connectivity index (χ0) is 20.1. The molecular weight excluding hydrogens is 354 g/mol. The van der Waals surface area contributed by atoms with E-state index in [0.29, 0.717) is 31.1 Å². The van der Waals surface area contributed by atoms with Gasteiger partial charge < -0.3 is 19.5 Å². The summed E-state index contributed by atoms with van der Waals surface area (Å²) < 4.78 is 17.4.